The monoisotopic (exact) mass is 275 g/mol. The number of amides is 1. The molecule has 3 heterocycles. The molecule has 0 unspecified atom stereocenters. The highest BCUT2D eigenvalue weighted by Gasteiger charge is 2.31. The lowest BCUT2D eigenvalue weighted by atomic mass is 10.1. The molecule has 3 rings (SSSR count). The minimum absolute atomic E-state index is 0.205. The van der Waals surface area contributed by atoms with Crippen molar-refractivity contribution in [2.75, 3.05) is 13.1 Å². The van der Waals surface area contributed by atoms with Crippen LogP contribution < -0.4 is 0 Å². The van der Waals surface area contributed by atoms with Gasteiger partial charge in [-0.3, -0.25) is 9.59 Å². The molecule has 0 radical (unpaired) electrons. The van der Waals surface area contributed by atoms with Crippen LogP contribution in [0.25, 0.3) is 11.1 Å². The second-order valence-electron chi connectivity index (χ2n) is 4.92. The van der Waals surface area contributed by atoms with E-state index in [0.717, 1.165) is 0 Å². The van der Waals surface area contributed by atoms with Crippen molar-refractivity contribution in [3.05, 3.63) is 23.5 Å². The molecule has 0 bridgehead atoms. The van der Waals surface area contributed by atoms with E-state index in [-0.39, 0.29) is 12.5 Å². The number of hydrogen-bond donors (Lipinski definition) is 1. The number of likely N-dealkylation sites (tertiary alicyclic amines) is 1. The minimum Gasteiger partial charge on any atom is -0.481 e. The summed E-state index contributed by atoms with van der Waals surface area (Å²) in [5, 5.41) is 13.5. The summed E-state index contributed by atoms with van der Waals surface area (Å²) in [5.41, 5.74) is 1.49. The van der Waals surface area contributed by atoms with Gasteiger partial charge in [-0.25, -0.2) is 4.98 Å². The lowest BCUT2D eigenvalue weighted by Crippen LogP contribution is -2.30. The third-order valence-corrected chi connectivity index (χ3v) is 3.58. The Bertz CT molecular complexity index is 694. The van der Waals surface area contributed by atoms with E-state index in [0.29, 0.717) is 35.3 Å². The Morgan fingerprint density at radius 3 is 3.00 bits per heavy atom. The van der Waals surface area contributed by atoms with Crippen LogP contribution in [0.1, 0.15) is 22.5 Å². The summed E-state index contributed by atoms with van der Waals surface area (Å²) in [6, 6.07) is 1.69. The van der Waals surface area contributed by atoms with Gasteiger partial charge in [0.2, 0.25) is 0 Å². The van der Waals surface area contributed by atoms with Crippen molar-refractivity contribution in [3.63, 3.8) is 0 Å². The fraction of sp³-hybridized carbons (Fsp3) is 0.385. The number of aromatic nitrogens is 2. The van der Waals surface area contributed by atoms with Gasteiger partial charge in [-0.05, 0) is 19.4 Å². The molecule has 0 spiro atoms. The maximum absolute atomic E-state index is 12.3. The van der Waals surface area contributed by atoms with Crippen LogP contribution in [0.15, 0.2) is 16.8 Å². The molecule has 7 nitrogen and oxygen atoms in total. The van der Waals surface area contributed by atoms with Crippen LogP contribution in [0, 0.1) is 12.8 Å². The third kappa shape index (κ3) is 2.01. The van der Waals surface area contributed by atoms with Gasteiger partial charge in [-0.2, -0.15) is 0 Å². The fourth-order valence-corrected chi connectivity index (χ4v) is 2.39. The Hall–Kier alpha value is -2.44. The van der Waals surface area contributed by atoms with E-state index in [9.17, 15) is 9.59 Å². The standard InChI is InChI=1S/C13H13N3O4/c1-7-10-4-9(5-14-11(10)20-15-7)12(17)16-3-2-8(6-16)13(18)19/h4-5,8H,2-3,6H2,1H3,(H,18,19)/t8-/m1/s1. The molecular formula is C13H13N3O4. The van der Waals surface area contributed by atoms with E-state index < -0.39 is 11.9 Å². The number of nitrogens with zero attached hydrogens (tertiary/aromatic N) is 3. The highest BCUT2D eigenvalue weighted by atomic mass is 16.5. The molecule has 104 valence electrons. The SMILES string of the molecule is Cc1noc2ncc(C(=O)N3CC[C@@H](C(=O)O)C3)cc12. The largest absolute Gasteiger partial charge is 0.481 e. The number of carboxylic acids is 1. The smallest absolute Gasteiger partial charge is 0.308 e. The number of rotatable bonds is 2. The highest BCUT2D eigenvalue weighted by Crippen LogP contribution is 2.21. The molecule has 1 atom stereocenters. The van der Waals surface area contributed by atoms with Crippen molar-refractivity contribution >= 4 is 23.0 Å². The van der Waals surface area contributed by atoms with Gasteiger partial charge in [0.15, 0.2) is 0 Å². The first-order chi connectivity index (χ1) is 9.56. The summed E-state index contributed by atoms with van der Waals surface area (Å²) in [7, 11) is 0. The summed E-state index contributed by atoms with van der Waals surface area (Å²) in [6.07, 6.45) is 1.92. The molecular weight excluding hydrogens is 262 g/mol. The molecule has 20 heavy (non-hydrogen) atoms. The van der Waals surface area contributed by atoms with Gasteiger partial charge in [0.25, 0.3) is 11.6 Å². The Kier molecular flexibility index (Phi) is 2.89. The summed E-state index contributed by atoms with van der Waals surface area (Å²) >= 11 is 0. The molecule has 1 aliphatic heterocycles. The van der Waals surface area contributed by atoms with Crippen LogP contribution in [0.4, 0.5) is 0 Å². The van der Waals surface area contributed by atoms with Crippen molar-refractivity contribution in [1.29, 1.82) is 0 Å². The summed E-state index contributed by atoms with van der Waals surface area (Å²) in [5.74, 6) is -1.54. The second-order valence-corrected chi connectivity index (χ2v) is 4.92. The molecule has 1 N–H and O–H groups in total. The fourth-order valence-electron chi connectivity index (χ4n) is 2.39. The maximum Gasteiger partial charge on any atom is 0.308 e. The van der Waals surface area contributed by atoms with Crippen LogP contribution in [0.2, 0.25) is 0 Å². The first kappa shape index (κ1) is 12.6. The lowest BCUT2D eigenvalue weighted by molar-refractivity contribution is -0.141. The zero-order chi connectivity index (χ0) is 14.3. The Morgan fingerprint density at radius 2 is 2.30 bits per heavy atom. The Morgan fingerprint density at radius 1 is 1.50 bits per heavy atom. The van der Waals surface area contributed by atoms with Crippen molar-refractivity contribution in [1.82, 2.24) is 15.0 Å². The summed E-state index contributed by atoms with van der Waals surface area (Å²) in [6.45, 7) is 2.48. The molecule has 0 aromatic carbocycles. The third-order valence-electron chi connectivity index (χ3n) is 3.58. The predicted octanol–water partition coefficient (Wildman–Crippen LogP) is 1.08. The van der Waals surface area contributed by atoms with Crippen molar-refractivity contribution in [3.8, 4) is 0 Å². The number of carboxylic acid groups (broad SMARTS) is 1. The Balaban J connectivity index is 1.85. The van der Waals surface area contributed by atoms with Gasteiger partial charge in [-0.1, -0.05) is 5.16 Å². The number of aliphatic carboxylic acids is 1. The van der Waals surface area contributed by atoms with Crippen LogP contribution in [0.5, 0.6) is 0 Å². The zero-order valence-electron chi connectivity index (χ0n) is 10.9. The maximum atomic E-state index is 12.3. The van der Waals surface area contributed by atoms with Crippen LogP contribution in [-0.4, -0.2) is 45.1 Å². The highest BCUT2D eigenvalue weighted by molar-refractivity contribution is 5.97. The first-order valence-electron chi connectivity index (χ1n) is 6.30. The topological polar surface area (TPSA) is 96.5 Å². The van der Waals surface area contributed by atoms with E-state index >= 15 is 0 Å². The van der Waals surface area contributed by atoms with Crippen molar-refractivity contribution in [2.24, 2.45) is 5.92 Å². The summed E-state index contributed by atoms with van der Waals surface area (Å²) < 4.78 is 4.99. The molecule has 1 aliphatic rings. The molecule has 1 saturated heterocycles. The minimum atomic E-state index is -0.858. The molecule has 0 saturated carbocycles. The molecule has 7 heteroatoms. The number of carbonyl (C=O) groups is 2. The summed E-state index contributed by atoms with van der Waals surface area (Å²) in [4.78, 5) is 28.9. The normalized spacial score (nSPS) is 18.6. The quantitative estimate of drug-likeness (QED) is 0.880. The lowest BCUT2D eigenvalue weighted by Gasteiger charge is -2.15. The molecule has 2 aromatic rings. The van der Waals surface area contributed by atoms with Gasteiger partial charge < -0.3 is 14.5 Å². The van der Waals surface area contributed by atoms with E-state index in [1.807, 2.05) is 0 Å². The molecule has 2 aromatic heterocycles. The van der Waals surface area contributed by atoms with Crippen LogP contribution in [0.3, 0.4) is 0 Å². The van der Waals surface area contributed by atoms with E-state index in [1.165, 1.54) is 6.20 Å². The van der Waals surface area contributed by atoms with E-state index in [4.69, 9.17) is 9.63 Å². The number of pyridine rings is 1. The Labute approximate surface area is 114 Å². The van der Waals surface area contributed by atoms with Crippen molar-refractivity contribution in [2.45, 2.75) is 13.3 Å². The van der Waals surface area contributed by atoms with Gasteiger partial charge in [-0.15, -0.1) is 0 Å². The van der Waals surface area contributed by atoms with E-state index in [2.05, 4.69) is 10.1 Å². The van der Waals surface area contributed by atoms with Crippen molar-refractivity contribution < 1.29 is 19.2 Å². The van der Waals surface area contributed by atoms with Gasteiger partial charge in [0.05, 0.1) is 22.6 Å². The van der Waals surface area contributed by atoms with Gasteiger partial charge in [0.1, 0.15) is 0 Å². The molecule has 1 fully saturated rings. The number of hydrogen-bond acceptors (Lipinski definition) is 5. The number of aryl methyl sites for hydroxylation is 1. The van der Waals surface area contributed by atoms with E-state index in [1.54, 1.807) is 17.9 Å². The first-order valence-corrected chi connectivity index (χ1v) is 6.30. The average Bonchev–Trinajstić information content (AvgIpc) is 3.05. The average molecular weight is 275 g/mol. The van der Waals surface area contributed by atoms with Gasteiger partial charge in [0, 0.05) is 19.3 Å². The molecule has 1 amide bonds. The van der Waals surface area contributed by atoms with Crippen LogP contribution >= 0.6 is 0 Å². The number of fused-ring (bicyclic) bond motifs is 1. The molecule has 0 aliphatic carbocycles. The van der Waals surface area contributed by atoms with Gasteiger partial charge >= 0.3 is 5.97 Å². The second kappa shape index (κ2) is 4.59. The van der Waals surface area contributed by atoms with Crippen LogP contribution in [-0.2, 0) is 4.79 Å². The zero-order valence-corrected chi connectivity index (χ0v) is 10.9. The number of carbonyl (C=O) groups excluding carboxylic acids is 1. The predicted molar refractivity (Wildman–Crippen MR) is 68.2 cm³/mol.